The molecule has 0 N–H and O–H groups in total. The van der Waals surface area contributed by atoms with E-state index in [1.54, 1.807) is 0 Å². The Morgan fingerprint density at radius 3 is 1.05 bits per heavy atom. The highest BCUT2D eigenvalue weighted by Crippen LogP contribution is 2.39. The van der Waals surface area contributed by atoms with Gasteiger partial charge in [0.25, 0.3) is 0 Å². The molecule has 4 nitrogen and oxygen atoms in total. The van der Waals surface area contributed by atoms with E-state index in [1.807, 2.05) is 6.08 Å². The van der Waals surface area contributed by atoms with Crippen molar-refractivity contribution in [3.63, 3.8) is 0 Å². The second kappa shape index (κ2) is 14.5. The smallest absolute Gasteiger partial charge is 0.0561 e. The van der Waals surface area contributed by atoms with Gasteiger partial charge in [-0.1, -0.05) is 146 Å². The van der Waals surface area contributed by atoms with E-state index >= 15 is 0 Å². The molecule has 0 aliphatic rings. The molecule has 0 atom stereocenters. The van der Waals surface area contributed by atoms with Crippen LogP contribution in [0.25, 0.3) is 122 Å². The van der Waals surface area contributed by atoms with Crippen molar-refractivity contribution >= 4 is 88.5 Å². The van der Waals surface area contributed by atoms with Crippen LogP contribution < -0.4 is 0 Å². The summed E-state index contributed by atoms with van der Waals surface area (Å²) in [6.07, 6.45) is 6.27. The average Bonchev–Trinajstić information content (AvgIpc) is 4.09. The van der Waals surface area contributed by atoms with Gasteiger partial charge in [-0.25, -0.2) is 0 Å². The molecule has 0 bridgehead atoms. The van der Waals surface area contributed by atoms with Crippen LogP contribution in [0.1, 0.15) is 18.2 Å². The van der Waals surface area contributed by atoms with Crippen molar-refractivity contribution in [2.45, 2.75) is 6.92 Å². The Kier molecular flexibility index (Phi) is 8.24. The Labute approximate surface area is 376 Å². The minimum atomic E-state index is 1.09. The van der Waals surface area contributed by atoms with E-state index in [-0.39, 0.29) is 0 Å². The third kappa shape index (κ3) is 5.51. The van der Waals surface area contributed by atoms with E-state index in [1.165, 1.54) is 82.0 Å². The largest absolute Gasteiger partial charge is 0.309 e. The van der Waals surface area contributed by atoms with Gasteiger partial charge in [0.1, 0.15) is 0 Å². The highest BCUT2D eigenvalue weighted by Gasteiger charge is 2.19. The van der Waals surface area contributed by atoms with Gasteiger partial charge in [0.15, 0.2) is 0 Å². The van der Waals surface area contributed by atoms with Crippen LogP contribution in [0.3, 0.4) is 0 Å². The number of hydrogen-bond acceptors (Lipinski definition) is 0. The summed E-state index contributed by atoms with van der Waals surface area (Å²) in [7, 11) is 0. The molecule has 0 aliphatic heterocycles. The van der Waals surface area contributed by atoms with Gasteiger partial charge in [0.2, 0.25) is 0 Å². The van der Waals surface area contributed by atoms with Crippen molar-refractivity contribution in [2.75, 3.05) is 0 Å². The van der Waals surface area contributed by atoms with Crippen LogP contribution in [0, 0.1) is 0 Å². The van der Waals surface area contributed by atoms with E-state index in [0.717, 1.165) is 39.5 Å². The minimum Gasteiger partial charge on any atom is -0.309 e. The molecule has 0 saturated carbocycles. The molecule has 0 amide bonds. The molecule has 306 valence electrons. The Morgan fingerprint density at radius 2 is 0.646 bits per heavy atom. The van der Waals surface area contributed by atoms with E-state index < -0.39 is 0 Å². The molecule has 0 radical (unpaired) electrons. The van der Waals surface area contributed by atoms with Crippen molar-refractivity contribution in [3.05, 3.63) is 230 Å². The summed E-state index contributed by atoms with van der Waals surface area (Å²) in [4.78, 5) is 0. The topological polar surface area (TPSA) is 19.7 Å². The number of nitrogens with zero attached hydrogens (tertiary/aromatic N) is 4. The first-order chi connectivity index (χ1) is 32.2. The van der Waals surface area contributed by atoms with Gasteiger partial charge in [-0.15, -0.1) is 0 Å². The lowest BCUT2D eigenvalue weighted by Crippen LogP contribution is -1.99. The Hall–Kier alpha value is -8.60. The first-order valence-corrected chi connectivity index (χ1v) is 22.3. The zero-order valence-electron chi connectivity index (χ0n) is 35.9. The van der Waals surface area contributed by atoms with Crippen LogP contribution in [0.2, 0.25) is 0 Å². The number of rotatable bonds is 7. The van der Waals surface area contributed by atoms with Crippen molar-refractivity contribution in [2.24, 2.45) is 0 Å². The van der Waals surface area contributed by atoms with Crippen molar-refractivity contribution in [3.8, 4) is 33.9 Å². The summed E-state index contributed by atoms with van der Waals surface area (Å²) in [5, 5.41) is 8.68. The maximum Gasteiger partial charge on any atom is 0.0561 e. The summed E-state index contributed by atoms with van der Waals surface area (Å²) < 4.78 is 9.57. The number of aromatic nitrogens is 4. The summed E-state index contributed by atoms with van der Waals surface area (Å²) >= 11 is 0. The first kappa shape index (κ1) is 37.0. The number of benzene rings is 9. The van der Waals surface area contributed by atoms with E-state index in [0.29, 0.717) is 0 Å². The van der Waals surface area contributed by atoms with Crippen LogP contribution in [-0.2, 0) is 0 Å². The maximum atomic E-state index is 4.26. The zero-order valence-corrected chi connectivity index (χ0v) is 35.9. The molecule has 0 fully saturated rings. The Morgan fingerprint density at radius 1 is 0.323 bits per heavy atom. The van der Waals surface area contributed by atoms with E-state index in [9.17, 15) is 0 Å². The van der Waals surface area contributed by atoms with Gasteiger partial charge >= 0.3 is 0 Å². The van der Waals surface area contributed by atoms with E-state index in [2.05, 4.69) is 250 Å². The summed E-state index contributed by atoms with van der Waals surface area (Å²) in [6.45, 7) is 6.33. The fourth-order valence-corrected chi connectivity index (χ4v) is 10.7. The molecule has 4 aromatic heterocycles. The van der Waals surface area contributed by atoms with Crippen LogP contribution in [-0.4, -0.2) is 18.3 Å². The van der Waals surface area contributed by atoms with Crippen molar-refractivity contribution < 1.29 is 0 Å². The third-order valence-corrected chi connectivity index (χ3v) is 13.5. The molecule has 4 heterocycles. The lowest BCUT2D eigenvalue weighted by Gasteiger charge is -2.13. The highest BCUT2D eigenvalue weighted by atomic mass is 15.0. The van der Waals surface area contributed by atoms with Crippen LogP contribution in [0.4, 0.5) is 0 Å². The standard InChI is InChI=1S/C61H42N4/c1-3-15-46-47-16-5-12-23-57(47)64(54(46)4-2)44-34-36-52-50-19-8-10-21-55(50)62(60(52)38-44)42-30-26-40(27-31-42)41-28-32-43(33-29-41)63-56-22-11-9-20-51(56)53-37-35-45(39-61(53)63)65-58-24-13-6-17-48(58)49-18-7-14-25-59(49)65/h3-39H,2H2,1H3/b15-3-. The number of para-hydroxylation sites is 5. The van der Waals surface area contributed by atoms with Crippen LogP contribution in [0.5, 0.6) is 0 Å². The third-order valence-electron chi connectivity index (χ3n) is 13.5. The van der Waals surface area contributed by atoms with Gasteiger partial charge in [-0.3, -0.25) is 0 Å². The normalized spacial score (nSPS) is 12.1. The molecule has 13 rings (SSSR count). The first-order valence-electron chi connectivity index (χ1n) is 22.3. The Bertz CT molecular complexity index is 4020. The second-order valence-corrected chi connectivity index (χ2v) is 16.9. The summed E-state index contributed by atoms with van der Waals surface area (Å²) in [5.74, 6) is 0. The fourth-order valence-electron chi connectivity index (χ4n) is 10.7. The predicted octanol–water partition coefficient (Wildman–Crippen LogP) is 16.3. The number of allylic oxidation sites excluding steroid dienone is 1. The van der Waals surface area contributed by atoms with Gasteiger partial charge in [-0.05, 0) is 103 Å². The van der Waals surface area contributed by atoms with Gasteiger partial charge < -0.3 is 18.3 Å². The summed E-state index contributed by atoms with van der Waals surface area (Å²) in [5.41, 5.74) is 17.4. The number of fused-ring (bicyclic) bond motifs is 10. The SMILES string of the molecule is C=Cc1c(/C=C\C)c2ccccc2n1-c1ccc2c3ccccc3n(-c3ccc(-c4ccc(-n5c6ccccc6c6ccc(-n7c8ccccc8c8ccccc87)cc65)cc4)cc3)c2c1. The molecular formula is C61H42N4. The molecule has 9 aromatic carbocycles. The average molecular weight is 831 g/mol. The lowest BCUT2D eigenvalue weighted by molar-refractivity contribution is 1.10. The molecule has 65 heavy (non-hydrogen) atoms. The number of hydrogen-bond donors (Lipinski definition) is 0. The van der Waals surface area contributed by atoms with Gasteiger partial charge in [-0.2, -0.15) is 0 Å². The zero-order chi connectivity index (χ0) is 43.2. The lowest BCUT2D eigenvalue weighted by atomic mass is 10.0. The molecule has 4 heteroatoms. The van der Waals surface area contributed by atoms with Gasteiger partial charge in [0, 0.05) is 66.0 Å². The molecule has 0 spiro atoms. The fraction of sp³-hybridized carbons (Fsp3) is 0.0164. The quantitative estimate of drug-likeness (QED) is 0.152. The van der Waals surface area contributed by atoms with Gasteiger partial charge in [0.05, 0.1) is 44.3 Å². The van der Waals surface area contributed by atoms with Crippen molar-refractivity contribution in [1.29, 1.82) is 0 Å². The molecule has 0 unspecified atom stereocenters. The van der Waals surface area contributed by atoms with Crippen molar-refractivity contribution in [1.82, 2.24) is 18.3 Å². The molecular weight excluding hydrogens is 789 g/mol. The maximum absolute atomic E-state index is 4.26. The van der Waals surface area contributed by atoms with Crippen LogP contribution in [0.15, 0.2) is 219 Å². The Balaban J connectivity index is 0.899. The highest BCUT2D eigenvalue weighted by molar-refractivity contribution is 6.13. The monoisotopic (exact) mass is 830 g/mol. The summed E-state index contributed by atoms with van der Waals surface area (Å²) in [6, 6.07) is 75.4. The molecule has 0 aliphatic carbocycles. The van der Waals surface area contributed by atoms with E-state index in [4.69, 9.17) is 0 Å². The van der Waals surface area contributed by atoms with Crippen LogP contribution >= 0.6 is 0 Å². The minimum absolute atomic E-state index is 1.09. The predicted molar refractivity (Wildman–Crippen MR) is 277 cm³/mol. The molecule has 13 aromatic rings. The molecule has 0 saturated heterocycles. The second-order valence-electron chi connectivity index (χ2n) is 16.9.